The van der Waals surface area contributed by atoms with E-state index in [0.29, 0.717) is 28.4 Å². The summed E-state index contributed by atoms with van der Waals surface area (Å²) in [7, 11) is 1.56. The Bertz CT molecular complexity index is 1110. The third kappa shape index (κ3) is 4.25. The molecule has 0 unspecified atom stereocenters. The predicted octanol–water partition coefficient (Wildman–Crippen LogP) is 3.69. The number of anilines is 3. The van der Waals surface area contributed by atoms with Crippen molar-refractivity contribution in [2.45, 2.75) is 12.5 Å². The molecule has 0 aromatic heterocycles. The molecule has 31 heavy (non-hydrogen) atoms. The Morgan fingerprint density at radius 3 is 2.35 bits per heavy atom. The second-order valence-electron chi connectivity index (χ2n) is 7.04. The monoisotopic (exact) mass is 415 g/mol. The molecule has 3 amide bonds. The molecule has 156 valence electrons. The molecule has 7 nitrogen and oxygen atoms in total. The van der Waals surface area contributed by atoms with Crippen LogP contribution in [0.2, 0.25) is 0 Å². The predicted molar refractivity (Wildman–Crippen MR) is 118 cm³/mol. The molecule has 0 saturated heterocycles. The van der Waals surface area contributed by atoms with Crippen LogP contribution in [0.1, 0.15) is 16.8 Å². The average Bonchev–Trinajstić information content (AvgIpc) is 2.80. The Kier molecular flexibility index (Phi) is 5.66. The highest BCUT2D eigenvalue weighted by atomic mass is 16.5. The molecule has 1 heterocycles. The van der Waals surface area contributed by atoms with Gasteiger partial charge in [-0.3, -0.25) is 19.3 Å². The lowest BCUT2D eigenvalue weighted by molar-refractivity contribution is -0.122. The lowest BCUT2D eigenvalue weighted by Crippen LogP contribution is -2.52. The van der Waals surface area contributed by atoms with Crippen LogP contribution < -0.4 is 20.3 Å². The number of para-hydroxylation sites is 2. The zero-order chi connectivity index (χ0) is 21.8. The molecular formula is C24H21N3O4. The van der Waals surface area contributed by atoms with Crippen molar-refractivity contribution in [2.75, 3.05) is 22.6 Å². The Balaban J connectivity index is 1.61. The molecule has 1 atom stereocenters. The number of carbonyl (C=O) groups is 3. The number of carbonyl (C=O) groups excluding carboxylic acids is 3. The van der Waals surface area contributed by atoms with Crippen LogP contribution >= 0.6 is 0 Å². The molecule has 3 aromatic rings. The summed E-state index contributed by atoms with van der Waals surface area (Å²) in [5.41, 5.74) is 2.10. The normalized spacial score (nSPS) is 14.9. The maximum atomic E-state index is 13.3. The van der Waals surface area contributed by atoms with Crippen LogP contribution in [0, 0.1) is 0 Å². The molecule has 4 rings (SSSR count). The number of nitrogens with one attached hydrogen (secondary N) is 2. The van der Waals surface area contributed by atoms with Gasteiger partial charge in [-0.1, -0.05) is 30.3 Å². The standard InChI is InChI=1S/C24H21N3O4/c1-31-18-13-11-17(12-14-18)25-22(28)15-21-23(29)26-19-9-5-6-10-20(19)27(21)24(30)16-7-3-2-4-8-16/h2-14,21H,15H2,1H3,(H,25,28)(H,26,29)/t21-/m0/s1. The molecule has 1 aliphatic rings. The molecule has 3 aromatic carbocycles. The van der Waals surface area contributed by atoms with Crippen LogP contribution in [0.5, 0.6) is 5.75 Å². The largest absolute Gasteiger partial charge is 0.497 e. The third-order valence-electron chi connectivity index (χ3n) is 5.03. The first kappa shape index (κ1) is 20.2. The molecule has 0 radical (unpaired) electrons. The summed E-state index contributed by atoms with van der Waals surface area (Å²) in [6.45, 7) is 0. The number of benzene rings is 3. The van der Waals surface area contributed by atoms with Crippen molar-refractivity contribution in [1.82, 2.24) is 0 Å². The number of hydrogen-bond donors (Lipinski definition) is 2. The summed E-state index contributed by atoms with van der Waals surface area (Å²) in [6, 6.07) is 21.6. The SMILES string of the molecule is COc1ccc(NC(=O)C[C@H]2C(=O)Nc3ccccc3N2C(=O)c2ccccc2)cc1. The molecule has 0 aliphatic carbocycles. The van der Waals surface area contributed by atoms with Gasteiger partial charge in [-0.2, -0.15) is 0 Å². The van der Waals surface area contributed by atoms with Gasteiger partial charge in [-0.25, -0.2) is 0 Å². The van der Waals surface area contributed by atoms with Gasteiger partial charge in [0, 0.05) is 11.3 Å². The molecule has 2 N–H and O–H groups in total. The minimum Gasteiger partial charge on any atom is -0.497 e. The van der Waals surface area contributed by atoms with E-state index in [0.717, 1.165) is 0 Å². The van der Waals surface area contributed by atoms with Gasteiger partial charge < -0.3 is 15.4 Å². The summed E-state index contributed by atoms with van der Waals surface area (Å²) in [6.07, 6.45) is -0.190. The lowest BCUT2D eigenvalue weighted by Gasteiger charge is -2.36. The van der Waals surface area contributed by atoms with Crippen molar-refractivity contribution in [1.29, 1.82) is 0 Å². The van der Waals surface area contributed by atoms with Gasteiger partial charge in [0.1, 0.15) is 11.8 Å². The highest BCUT2D eigenvalue weighted by Gasteiger charge is 2.38. The van der Waals surface area contributed by atoms with Gasteiger partial charge in [0.25, 0.3) is 5.91 Å². The summed E-state index contributed by atoms with van der Waals surface area (Å²) in [4.78, 5) is 40.3. The maximum absolute atomic E-state index is 13.3. The Morgan fingerprint density at radius 1 is 0.968 bits per heavy atom. The smallest absolute Gasteiger partial charge is 0.259 e. The van der Waals surface area contributed by atoms with E-state index in [-0.39, 0.29) is 18.2 Å². The van der Waals surface area contributed by atoms with Gasteiger partial charge in [-0.15, -0.1) is 0 Å². The minimum absolute atomic E-state index is 0.190. The number of amides is 3. The maximum Gasteiger partial charge on any atom is 0.259 e. The first-order valence-electron chi connectivity index (χ1n) is 9.79. The summed E-state index contributed by atoms with van der Waals surface area (Å²) in [5, 5.41) is 5.57. The Labute approximate surface area is 179 Å². The van der Waals surface area contributed by atoms with Crippen LogP contribution in [0.4, 0.5) is 17.1 Å². The van der Waals surface area contributed by atoms with Gasteiger partial charge in [0.05, 0.1) is 24.9 Å². The van der Waals surface area contributed by atoms with Crippen molar-refractivity contribution >= 4 is 34.8 Å². The molecule has 0 saturated carbocycles. The average molecular weight is 415 g/mol. The molecule has 0 bridgehead atoms. The van der Waals surface area contributed by atoms with Gasteiger partial charge in [0.2, 0.25) is 11.8 Å². The van der Waals surface area contributed by atoms with Crippen LogP contribution in [0.25, 0.3) is 0 Å². The second kappa shape index (κ2) is 8.71. The molecule has 0 spiro atoms. The zero-order valence-electron chi connectivity index (χ0n) is 16.9. The topological polar surface area (TPSA) is 87.7 Å². The van der Waals surface area contributed by atoms with E-state index >= 15 is 0 Å². The molecule has 7 heteroatoms. The summed E-state index contributed by atoms with van der Waals surface area (Å²) in [5.74, 6) is -0.463. The van der Waals surface area contributed by atoms with Gasteiger partial charge in [-0.05, 0) is 48.5 Å². The highest BCUT2D eigenvalue weighted by molar-refractivity contribution is 6.17. The van der Waals surface area contributed by atoms with Gasteiger partial charge >= 0.3 is 0 Å². The highest BCUT2D eigenvalue weighted by Crippen LogP contribution is 2.34. The summed E-state index contributed by atoms with van der Waals surface area (Å²) >= 11 is 0. The van der Waals surface area contributed by atoms with Crippen molar-refractivity contribution in [2.24, 2.45) is 0 Å². The Hall–Kier alpha value is -4.13. The number of fused-ring (bicyclic) bond motifs is 1. The van der Waals surface area contributed by atoms with E-state index in [1.165, 1.54) is 4.90 Å². The molecule has 1 aliphatic heterocycles. The van der Waals surface area contributed by atoms with Crippen molar-refractivity contribution < 1.29 is 19.1 Å². The van der Waals surface area contributed by atoms with E-state index in [4.69, 9.17) is 4.74 Å². The van der Waals surface area contributed by atoms with Crippen molar-refractivity contribution in [3.05, 3.63) is 84.4 Å². The fraction of sp³-hybridized carbons (Fsp3) is 0.125. The van der Waals surface area contributed by atoms with E-state index in [9.17, 15) is 14.4 Å². The van der Waals surface area contributed by atoms with Crippen LogP contribution in [0.3, 0.4) is 0 Å². The van der Waals surface area contributed by atoms with Gasteiger partial charge in [0.15, 0.2) is 0 Å². The number of nitrogens with zero attached hydrogens (tertiary/aromatic N) is 1. The fourth-order valence-electron chi connectivity index (χ4n) is 3.51. The van der Waals surface area contributed by atoms with E-state index in [1.807, 2.05) is 6.07 Å². The zero-order valence-corrected chi connectivity index (χ0v) is 16.9. The molecule has 0 fully saturated rings. The quantitative estimate of drug-likeness (QED) is 0.665. The van der Waals surface area contributed by atoms with Crippen LogP contribution in [-0.2, 0) is 9.59 Å². The molecular weight excluding hydrogens is 394 g/mol. The number of ether oxygens (including phenoxy) is 1. The fourth-order valence-corrected chi connectivity index (χ4v) is 3.51. The van der Waals surface area contributed by atoms with Crippen LogP contribution in [0.15, 0.2) is 78.9 Å². The first-order valence-corrected chi connectivity index (χ1v) is 9.79. The first-order chi connectivity index (χ1) is 15.1. The third-order valence-corrected chi connectivity index (χ3v) is 5.03. The minimum atomic E-state index is -0.985. The second-order valence-corrected chi connectivity index (χ2v) is 7.04. The number of hydrogen-bond acceptors (Lipinski definition) is 4. The van der Waals surface area contributed by atoms with E-state index < -0.39 is 11.9 Å². The van der Waals surface area contributed by atoms with Crippen molar-refractivity contribution in [3.63, 3.8) is 0 Å². The Morgan fingerprint density at radius 2 is 1.65 bits per heavy atom. The lowest BCUT2D eigenvalue weighted by atomic mass is 10.0. The summed E-state index contributed by atoms with van der Waals surface area (Å²) < 4.78 is 5.12. The van der Waals surface area contributed by atoms with Crippen LogP contribution in [-0.4, -0.2) is 30.9 Å². The van der Waals surface area contributed by atoms with Crippen molar-refractivity contribution in [3.8, 4) is 5.75 Å². The van der Waals surface area contributed by atoms with E-state index in [1.54, 1.807) is 79.9 Å². The number of rotatable bonds is 5. The number of methoxy groups -OCH3 is 1. The van der Waals surface area contributed by atoms with E-state index in [2.05, 4.69) is 10.6 Å².